The largest absolute Gasteiger partial charge is 0.465 e. The molecule has 0 atom stereocenters. The van der Waals surface area contributed by atoms with Crippen LogP contribution in [0.2, 0.25) is 5.02 Å². The summed E-state index contributed by atoms with van der Waals surface area (Å²) in [4.78, 5) is 16.7. The number of anilines is 1. The van der Waals surface area contributed by atoms with Crippen LogP contribution in [0.25, 0.3) is 28.6 Å². The van der Waals surface area contributed by atoms with Gasteiger partial charge in [0.1, 0.15) is 11.3 Å². The number of benzene rings is 2. The molecule has 2 aromatic heterocycles. The number of aryl methyl sites for hydroxylation is 2. The van der Waals surface area contributed by atoms with Crippen LogP contribution in [0.1, 0.15) is 16.9 Å². The van der Waals surface area contributed by atoms with Crippen molar-refractivity contribution in [2.75, 3.05) is 5.32 Å². The standard InChI is InChI=1S/C22H17ClN2O3/c1-13-10-19-20(11-14(13)2)28-22(25-19)17-12-15(5-7-18(17)23)24-21(26)8-6-16-4-3-9-27-16/h3-12H,1-2H3,(H,24,26)/b8-6+. The molecule has 0 bridgehead atoms. The molecule has 1 N–H and O–H groups in total. The highest BCUT2D eigenvalue weighted by atomic mass is 35.5. The van der Waals surface area contributed by atoms with Crippen molar-refractivity contribution in [3.8, 4) is 11.5 Å². The van der Waals surface area contributed by atoms with Crippen molar-refractivity contribution < 1.29 is 13.6 Å². The second-order valence-electron chi connectivity index (χ2n) is 6.46. The number of carbonyl (C=O) groups is 1. The number of fused-ring (bicyclic) bond motifs is 1. The van der Waals surface area contributed by atoms with E-state index < -0.39 is 0 Å². The minimum atomic E-state index is -0.284. The molecule has 4 rings (SSSR count). The van der Waals surface area contributed by atoms with Gasteiger partial charge in [0.2, 0.25) is 11.8 Å². The first-order valence-electron chi connectivity index (χ1n) is 8.70. The molecule has 0 spiro atoms. The predicted octanol–water partition coefficient (Wildman–Crippen LogP) is 6.01. The van der Waals surface area contributed by atoms with E-state index in [-0.39, 0.29) is 5.91 Å². The maximum atomic E-state index is 12.1. The van der Waals surface area contributed by atoms with E-state index in [1.54, 1.807) is 42.7 Å². The molecule has 0 saturated heterocycles. The molecule has 0 fully saturated rings. The van der Waals surface area contributed by atoms with Crippen LogP contribution in [0.5, 0.6) is 0 Å². The van der Waals surface area contributed by atoms with E-state index in [1.165, 1.54) is 6.08 Å². The van der Waals surface area contributed by atoms with Crippen LogP contribution in [0.3, 0.4) is 0 Å². The van der Waals surface area contributed by atoms with Gasteiger partial charge >= 0.3 is 0 Å². The summed E-state index contributed by atoms with van der Waals surface area (Å²) in [6, 6.07) is 12.6. The number of nitrogens with zero attached hydrogens (tertiary/aromatic N) is 1. The van der Waals surface area contributed by atoms with Gasteiger partial charge in [0.25, 0.3) is 0 Å². The Hall–Kier alpha value is -3.31. The molecule has 5 nitrogen and oxygen atoms in total. The second kappa shape index (κ2) is 7.37. The summed E-state index contributed by atoms with van der Waals surface area (Å²) in [7, 11) is 0. The highest BCUT2D eigenvalue weighted by Crippen LogP contribution is 2.33. The predicted molar refractivity (Wildman–Crippen MR) is 110 cm³/mol. The molecule has 0 aliphatic carbocycles. The van der Waals surface area contributed by atoms with Crippen molar-refractivity contribution in [1.29, 1.82) is 0 Å². The second-order valence-corrected chi connectivity index (χ2v) is 6.86. The summed E-state index contributed by atoms with van der Waals surface area (Å²) in [5, 5.41) is 3.29. The average Bonchev–Trinajstić information content (AvgIpc) is 3.32. The van der Waals surface area contributed by atoms with Crippen LogP contribution in [-0.4, -0.2) is 10.9 Å². The van der Waals surface area contributed by atoms with E-state index in [0.29, 0.717) is 33.5 Å². The van der Waals surface area contributed by atoms with Crippen LogP contribution in [0.15, 0.2) is 63.6 Å². The number of carbonyl (C=O) groups excluding carboxylic acids is 1. The minimum Gasteiger partial charge on any atom is -0.465 e. The lowest BCUT2D eigenvalue weighted by molar-refractivity contribution is -0.111. The zero-order valence-corrected chi connectivity index (χ0v) is 16.1. The minimum absolute atomic E-state index is 0.284. The number of furan rings is 1. The molecule has 0 aliphatic heterocycles. The van der Waals surface area contributed by atoms with Crippen LogP contribution in [0, 0.1) is 13.8 Å². The van der Waals surface area contributed by atoms with E-state index in [0.717, 1.165) is 16.6 Å². The van der Waals surface area contributed by atoms with Gasteiger partial charge in [-0.2, -0.15) is 0 Å². The number of aromatic nitrogens is 1. The summed E-state index contributed by atoms with van der Waals surface area (Å²) >= 11 is 6.35. The molecule has 2 heterocycles. The molecule has 6 heteroatoms. The maximum absolute atomic E-state index is 12.1. The lowest BCUT2D eigenvalue weighted by Crippen LogP contribution is -2.07. The van der Waals surface area contributed by atoms with E-state index >= 15 is 0 Å². The number of hydrogen-bond acceptors (Lipinski definition) is 4. The van der Waals surface area contributed by atoms with Gasteiger partial charge in [0.05, 0.1) is 16.8 Å². The molecule has 0 saturated carbocycles. The molecule has 0 aliphatic rings. The normalized spacial score (nSPS) is 11.4. The Morgan fingerprint density at radius 1 is 1.14 bits per heavy atom. The highest BCUT2D eigenvalue weighted by molar-refractivity contribution is 6.33. The molecule has 2 aromatic carbocycles. The SMILES string of the molecule is Cc1cc2nc(-c3cc(NC(=O)/C=C/c4ccco4)ccc3Cl)oc2cc1C. The fourth-order valence-corrected chi connectivity index (χ4v) is 2.99. The summed E-state index contributed by atoms with van der Waals surface area (Å²) in [6.45, 7) is 4.05. The number of oxazole rings is 1. The average molecular weight is 393 g/mol. The van der Waals surface area contributed by atoms with Crippen LogP contribution in [0.4, 0.5) is 5.69 Å². The summed E-state index contributed by atoms with van der Waals surface area (Å²) in [6.07, 6.45) is 4.54. The van der Waals surface area contributed by atoms with E-state index in [4.69, 9.17) is 20.4 Å². The van der Waals surface area contributed by atoms with Gasteiger partial charge in [-0.05, 0) is 73.5 Å². The number of nitrogens with one attached hydrogen (secondary N) is 1. The molecular weight excluding hydrogens is 376 g/mol. The van der Waals surface area contributed by atoms with Crippen molar-refractivity contribution in [3.05, 3.63) is 76.7 Å². The fourth-order valence-electron chi connectivity index (χ4n) is 2.79. The Labute approximate surface area is 166 Å². The smallest absolute Gasteiger partial charge is 0.248 e. The van der Waals surface area contributed by atoms with Gasteiger partial charge in [0, 0.05) is 11.8 Å². The number of rotatable bonds is 4. The zero-order chi connectivity index (χ0) is 19.7. The molecule has 1 amide bonds. The first-order valence-corrected chi connectivity index (χ1v) is 9.08. The summed E-state index contributed by atoms with van der Waals surface area (Å²) in [5.74, 6) is 0.727. The van der Waals surface area contributed by atoms with Gasteiger partial charge < -0.3 is 14.2 Å². The van der Waals surface area contributed by atoms with Gasteiger partial charge in [-0.1, -0.05) is 11.6 Å². The Balaban J connectivity index is 1.61. The molecule has 4 aromatic rings. The highest BCUT2D eigenvalue weighted by Gasteiger charge is 2.14. The Morgan fingerprint density at radius 2 is 1.96 bits per heavy atom. The van der Waals surface area contributed by atoms with E-state index in [9.17, 15) is 4.79 Å². The van der Waals surface area contributed by atoms with Gasteiger partial charge in [-0.3, -0.25) is 4.79 Å². The Morgan fingerprint density at radius 3 is 2.75 bits per heavy atom. The lowest BCUT2D eigenvalue weighted by atomic mass is 10.1. The molecule has 0 radical (unpaired) electrons. The third-order valence-electron chi connectivity index (χ3n) is 4.41. The number of hydrogen-bond donors (Lipinski definition) is 1. The molecule has 140 valence electrons. The van der Waals surface area contributed by atoms with Gasteiger partial charge in [-0.15, -0.1) is 0 Å². The first-order chi connectivity index (χ1) is 13.5. The topological polar surface area (TPSA) is 68.3 Å². The maximum Gasteiger partial charge on any atom is 0.248 e. The third kappa shape index (κ3) is 3.70. The fraction of sp³-hybridized carbons (Fsp3) is 0.0909. The summed E-state index contributed by atoms with van der Waals surface area (Å²) in [5.41, 5.74) is 4.94. The molecule has 28 heavy (non-hydrogen) atoms. The monoisotopic (exact) mass is 392 g/mol. The lowest BCUT2D eigenvalue weighted by Gasteiger charge is -2.05. The van der Waals surface area contributed by atoms with Crippen molar-refractivity contribution in [2.45, 2.75) is 13.8 Å². The number of amides is 1. The third-order valence-corrected chi connectivity index (χ3v) is 4.74. The zero-order valence-electron chi connectivity index (χ0n) is 15.3. The van der Waals surface area contributed by atoms with Crippen molar-refractivity contribution in [3.63, 3.8) is 0 Å². The quantitative estimate of drug-likeness (QED) is 0.432. The first kappa shape index (κ1) is 18.1. The molecular formula is C22H17ClN2O3. The Bertz CT molecular complexity index is 1150. The van der Waals surface area contributed by atoms with Gasteiger partial charge in [-0.25, -0.2) is 4.98 Å². The van der Waals surface area contributed by atoms with Gasteiger partial charge in [0.15, 0.2) is 5.58 Å². The number of halogens is 1. The van der Waals surface area contributed by atoms with Crippen molar-refractivity contribution >= 4 is 40.4 Å². The van der Waals surface area contributed by atoms with Crippen molar-refractivity contribution in [1.82, 2.24) is 4.98 Å². The van der Waals surface area contributed by atoms with E-state index in [2.05, 4.69) is 10.3 Å². The van der Waals surface area contributed by atoms with Crippen molar-refractivity contribution in [2.24, 2.45) is 0 Å². The molecule has 0 unspecified atom stereocenters. The Kier molecular flexibility index (Phi) is 4.75. The van der Waals surface area contributed by atoms with Crippen LogP contribution in [-0.2, 0) is 4.79 Å². The van der Waals surface area contributed by atoms with Crippen LogP contribution >= 0.6 is 11.6 Å². The van der Waals surface area contributed by atoms with E-state index in [1.807, 2.05) is 26.0 Å². The summed E-state index contributed by atoms with van der Waals surface area (Å²) < 4.78 is 11.1. The van der Waals surface area contributed by atoms with Crippen LogP contribution < -0.4 is 5.32 Å².